The molecule has 0 saturated heterocycles. The normalized spacial score (nSPS) is 14.4. The molecule has 0 rings (SSSR count). The first-order valence-electron chi connectivity index (χ1n) is 5.80. The van der Waals surface area contributed by atoms with Crippen molar-refractivity contribution in [2.24, 2.45) is 11.8 Å². The molecule has 2 nitrogen and oxygen atoms in total. The van der Waals surface area contributed by atoms with Crippen LogP contribution in [0.1, 0.15) is 40.5 Å². The Morgan fingerprint density at radius 1 is 1.14 bits per heavy atom. The van der Waals surface area contributed by atoms with Crippen LogP contribution in [-0.2, 0) is 0 Å². The minimum absolute atomic E-state index is 0.274. The zero-order chi connectivity index (χ0) is 11.1. The number of rotatable bonds is 7. The molecule has 86 valence electrons. The third kappa shape index (κ3) is 5.61. The Morgan fingerprint density at radius 2 is 1.71 bits per heavy atom. The zero-order valence-electron chi connectivity index (χ0n) is 10.5. The van der Waals surface area contributed by atoms with Crippen LogP contribution in [0, 0.1) is 11.8 Å². The first-order chi connectivity index (χ1) is 6.49. The number of nitrogens with zero attached hydrogens (tertiary/aromatic N) is 1. The second kappa shape index (κ2) is 7.24. The molecule has 0 heterocycles. The average Bonchev–Trinajstić information content (AvgIpc) is 2.03. The van der Waals surface area contributed by atoms with Gasteiger partial charge in [-0.3, -0.25) is 0 Å². The minimum Gasteiger partial charge on any atom is -0.395 e. The molecule has 0 saturated carbocycles. The maximum Gasteiger partial charge on any atom is 0.0589 e. The summed E-state index contributed by atoms with van der Waals surface area (Å²) in [7, 11) is 2.11. The van der Waals surface area contributed by atoms with Crippen LogP contribution in [0.15, 0.2) is 0 Å². The van der Waals surface area contributed by atoms with E-state index in [1.807, 2.05) is 0 Å². The third-order valence-corrected chi connectivity index (χ3v) is 2.82. The summed E-state index contributed by atoms with van der Waals surface area (Å²) >= 11 is 0. The Morgan fingerprint density at radius 3 is 2.07 bits per heavy atom. The Kier molecular flexibility index (Phi) is 7.20. The molecule has 0 radical (unpaired) electrons. The molecule has 1 N–H and O–H groups in total. The molecule has 1 unspecified atom stereocenters. The third-order valence-electron chi connectivity index (χ3n) is 2.82. The van der Waals surface area contributed by atoms with Crippen molar-refractivity contribution in [3.63, 3.8) is 0 Å². The second-order valence-corrected chi connectivity index (χ2v) is 5.01. The molecule has 2 heteroatoms. The molecule has 0 aliphatic rings. The van der Waals surface area contributed by atoms with Gasteiger partial charge in [0.05, 0.1) is 6.61 Å². The topological polar surface area (TPSA) is 23.5 Å². The highest BCUT2D eigenvalue weighted by Crippen LogP contribution is 2.11. The van der Waals surface area contributed by atoms with Gasteiger partial charge in [-0.1, -0.05) is 27.7 Å². The summed E-state index contributed by atoms with van der Waals surface area (Å²) in [5.41, 5.74) is 0. The van der Waals surface area contributed by atoms with Crippen molar-refractivity contribution in [2.45, 2.75) is 46.6 Å². The van der Waals surface area contributed by atoms with Crippen molar-refractivity contribution >= 4 is 0 Å². The van der Waals surface area contributed by atoms with Crippen LogP contribution in [0.25, 0.3) is 0 Å². The van der Waals surface area contributed by atoms with Crippen molar-refractivity contribution in [3.05, 3.63) is 0 Å². The van der Waals surface area contributed by atoms with Gasteiger partial charge in [-0.15, -0.1) is 0 Å². The van der Waals surface area contributed by atoms with Gasteiger partial charge in [0.2, 0.25) is 0 Å². The summed E-state index contributed by atoms with van der Waals surface area (Å²) in [6, 6.07) is 0.321. The molecular formula is C12H27NO. The van der Waals surface area contributed by atoms with Crippen LogP contribution in [0.3, 0.4) is 0 Å². The summed E-state index contributed by atoms with van der Waals surface area (Å²) in [5.74, 6) is 1.32. The SMILES string of the molecule is CC(C)CCCN(C)C(CO)C(C)C. The first-order valence-corrected chi connectivity index (χ1v) is 5.80. The van der Waals surface area contributed by atoms with Gasteiger partial charge in [-0.25, -0.2) is 0 Å². The standard InChI is InChI=1S/C12H27NO/c1-10(2)7-6-8-13(5)12(9-14)11(3)4/h10-12,14H,6-9H2,1-5H3. The monoisotopic (exact) mass is 201 g/mol. The van der Waals surface area contributed by atoms with Gasteiger partial charge in [0.25, 0.3) is 0 Å². The highest BCUT2D eigenvalue weighted by atomic mass is 16.3. The average molecular weight is 201 g/mol. The lowest BCUT2D eigenvalue weighted by molar-refractivity contribution is 0.111. The van der Waals surface area contributed by atoms with Gasteiger partial charge >= 0.3 is 0 Å². The van der Waals surface area contributed by atoms with E-state index < -0.39 is 0 Å². The smallest absolute Gasteiger partial charge is 0.0589 e. The Hall–Kier alpha value is -0.0800. The van der Waals surface area contributed by atoms with Crippen molar-refractivity contribution < 1.29 is 5.11 Å². The predicted octanol–water partition coefficient (Wildman–Crippen LogP) is 2.37. The molecular weight excluding hydrogens is 174 g/mol. The Balaban J connectivity index is 3.75. The number of hydrogen-bond acceptors (Lipinski definition) is 2. The van der Waals surface area contributed by atoms with E-state index >= 15 is 0 Å². The number of aliphatic hydroxyl groups is 1. The van der Waals surface area contributed by atoms with Gasteiger partial charge in [0.1, 0.15) is 0 Å². The van der Waals surface area contributed by atoms with Crippen LogP contribution < -0.4 is 0 Å². The van der Waals surface area contributed by atoms with Gasteiger partial charge in [-0.05, 0) is 38.3 Å². The quantitative estimate of drug-likeness (QED) is 0.683. The minimum atomic E-state index is 0.274. The maximum atomic E-state index is 9.23. The van der Waals surface area contributed by atoms with Crippen LogP contribution in [0.4, 0.5) is 0 Å². The summed E-state index contributed by atoms with van der Waals surface area (Å²) in [4.78, 5) is 2.28. The lowest BCUT2D eigenvalue weighted by atomic mass is 10.0. The fraction of sp³-hybridized carbons (Fsp3) is 1.00. The van der Waals surface area contributed by atoms with Crippen LogP contribution in [0.5, 0.6) is 0 Å². The van der Waals surface area contributed by atoms with Crippen molar-refractivity contribution in [2.75, 3.05) is 20.2 Å². The maximum absolute atomic E-state index is 9.23. The Bertz CT molecular complexity index is 134. The zero-order valence-corrected chi connectivity index (χ0v) is 10.5. The summed E-state index contributed by atoms with van der Waals surface area (Å²) in [5, 5.41) is 9.23. The number of hydrogen-bond donors (Lipinski definition) is 1. The Labute approximate surface area is 89.3 Å². The molecule has 0 bridgehead atoms. The lowest BCUT2D eigenvalue weighted by Gasteiger charge is -2.29. The van der Waals surface area contributed by atoms with Gasteiger partial charge in [-0.2, -0.15) is 0 Å². The van der Waals surface area contributed by atoms with Crippen molar-refractivity contribution in [3.8, 4) is 0 Å². The highest BCUT2D eigenvalue weighted by Gasteiger charge is 2.16. The molecule has 0 aliphatic heterocycles. The molecule has 0 aromatic carbocycles. The fourth-order valence-electron chi connectivity index (χ4n) is 1.77. The molecule has 0 aliphatic carbocycles. The van der Waals surface area contributed by atoms with E-state index in [-0.39, 0.29) is 6.61 Å². The van der Waals surface area contributed by atoms with Crippen molar-refractivity contribution in [1.29, 1.82) is 0 Å². The molecule has 0 amide bonds. The lowest BCUT2D eigenvalue weighted by Crippen LogP contribution is -2.39. The van der Waals surface area contributed by atoms with Gasteiger partial charge in [0.15, 0.2) is 0 Å². The number of likely N-dealkylation sites (N-methyl/N-ethyl adjacent to an activating group) is 1. The fourth-order valence-corrected chi connectivity index (χ4v) is 1.77. The van der Waals surface area contributed by atoms with Gasteiger partial charge < -0.3 is 10.0 Å². The van der Waals surface area contributed by atoms with E-state index in [4.69, 9.17) is 0 Å². The summed E-state index contributed by atoms with van der Waals surface area (Å²) < 4.78 is 0. The van der Waals surface area contributed by atoms with E-state index in [2.05, 4.69) is 39.6 Å². The van der Waals surface area contributed by atoms with E-state index in [9.17, 15) is 5.11 Å². The molecule has 14 heavy (non-hydrogen) atoms. The highest BCUT2D eigenvalue weighted by molar-refractivity contribution is 4.71. The molecule has 0 fully saturated rings. The molecule has 0 aromatic heterocycles. The van der Waals surface area contributed by atoms with E-state index in [1.165, 1.54) is 12.8 Å². The molecule has 1 atom stereocenters. The van der Waals surface area contributed by atoms with Crippen LogP contribution in [-0.4, -0.2) is 36.2 Å². The van der Waals surface area contributed by atoms with Crippen LogP contribution in [0.2, 0.25) is 0 Å². The van der Waals surface area contributed by atoms with E-state index in [0.29, 0.717) is 12.0 Å². The second-order valence-electron chi connectivity index (χ2n) is 5.01. The predicted molar refractivity (Wildman–Crippen MR) is 62.4 cm³/mol. The summed E-state index contributed by atoms with van der Waals surface area (Å²) in [6.07, 6.45) is 2.51. The van der Waals surface area contributed by atoms with E-state index in [1.54, 1.807) is 0 Å². The number of aliphatic hydroxyl groups excluding tert-OH is 1. The largest absolute Gasteiger partial charge is 0.395 e. The van der Waals surface area contributed by atoms with Crippen molar-refractivity contribution in [1.82, 2.24) is 4.90 Å². The van der Waals surface area contributed by atoms with E-state index in [0.717, 1.165) is 12.5 Å². The van der Waals surface area contributed by atoms with Gasteiger partial charge in [0, 0.05) is 6.04 Å². The first kappa shape index (κ1) is 13.9. The molecule has 0 aromatic rings. The van der Waals surface area contributed by atoms with Crippen LogP contribution >= 0.6 is 0 Å². The summed E-state index contributed by atoms with van der Waals surface area (Å²) in [6.45, 7) is 10.2. The molecule has 0 spiro atoms.